The van der Waals surface area contributed by atoms with E-state index in [9.17, 15) is 14.0 Å². The molecule has 0 bridgehead atoms. The highest BCUT2D eigenvalue weighted by Gasteiger charge is 2.16. The summed E-state index contributed by atoms with van der Waals surface area (Å²) in [5, 5.41) is 8.72. The summed E-state index contributed by atoms with van der Waals surface area (Å²) in [5.41, 5.74) is 3.12. The van der Waals surface area contributed by atoms with Crippen molar-refractivity contribution in [1.82, 2.24) is 14.5 Å². The summed E-state index contributed by atoms with van der Waals surface area (Å²) in [6.45, 7) is 3.61. The Morgan fingerprint density at radius 1 is 1.06 bits per heavy atom. The van der Waals surface area contributed by atoms with Gasteiger partial charge >= 0.3 is 6.03 Å². The zero-order valence-corrected chi connectivity index (χ0v) is 18.7. The number of halogens is 1. The molecular formula is C24H23FN6O2. The first-order valence-electron chi connectivity index (χ1n) is 10.3. The minimum atomic E-state index is -0.602. The van der Waals surface area contributed by atoms with Gasteiger partial charge in [0.1, 0.15) is 11.5 Å². The molecule has 33 heavy (non-hydrogen) atoms. The van der Waals surface area contributed by atoms with E-state index in [-0.39, 0.29) is 11.2 Å². The zero-order chi connectivity index (χ0) is 23.7. The van der Waals surface area contributed by atoms with Crippen LogP contribution in [-0.4, -0.2) is 27.6 Å². The standard InChI is InChI=1S/C24H23FN6O2/c1-13-6-5-7-16(8-13)28-24(33)29-20-11-17(14(2)9-19(20)25)18-10-15-12-27-23(26-3)30-21(15)31(4)22(18)32/h5-12H,1-4H3,(H,26,27,30)(H2,28,29,33). The number of aryl methyl sites for hydroxylation is 3. The fraction of sp³-hybridized carbons (Fsp3) is 0.167. The molecule has 0 aliphatic carbocycles. The van der Waals surface area contributed by atoms with Crippen molar-refractivity contribution in [2.75, 3.05) is 23.0 Å². The first-order valence-corrected chi connectivity index (χ1v) is 10.3. The van der Waals surface area contributed by atoms with Crippen LogP contribution < -0.4 is 21.5 Å². The predicted octanol–water partition coefficient (Wildman–Crippen LogP) is 4.44. The normalized spacial score (nSPS) is 10.8. The van der Waals surface area contributed by atoms with Crippen LogP contribution in [0.4, 0.5) is 26.5 Å². The quantitative estimate of drug-likeness (QED) is 0.430. The van der Waals surface area contributed by atoms with Crippen LogP contribution in [-0.2, 0) is 7.05 Å². The molecule has 0 saturated heterocycles. The molecule has 0 fully saturated rings. The molecule has 9 heteroatoms. The number of hydrogen-bond donors (Lipinski definition) is 3. The van der Waals surface area contributed by atoms with Gasteiger partial charge in [-0.15, -0.1) is 0 Å². The van der Waals surface area contributed by atoms with Crippen molar-refractivity contribution in [1.29, 1.82) is 0 Å². The molecule has 0 saturated carbocycles. The average Bonchev–Trinajstić information content (AvgIpc) is 2.78. The first kappa shape index (κ1) is 21.9. The molecule has 0 radical (unpaired) electrons. The van der Waals surface area contributed by atoms with Crippen molar-refractivity contribution in [2.45, 2.75) is 13.8 Å². The molecule has 4 rings (SSSR count). The van der Waals surface area contributed by atoms with Crippen LogP contribution in [0.5, 0.6) is 0 Å². The molecular weight excluding hydrogens is 423 g/mol. The van der Waals surface area contributed by atoms with Crippen LogP contribution >= 0.6 is 0 Å². The van der Waals surface area contributed by atoms with Gasteiger partial charge in [-0.25, -0.2) is 14.2 Å². The fourth-order valence-corrected chi connectivity index (χ4v) is 3.63. The predicted molar refractivity (Wildman–Crippen MR) is 128 cm³/mol. The molecule has 0 spiro atoms. The molecule has 0 aliphatic heterocycles. The Hall–Kier alpha value is -4.27. The molecule has 0 unspecified atom stereocenters. The Morgan fingerprint density at radius 3 is 2.58 bits per heavy atom. The molecule has 2 amide bonds. The summed E-state index contributed by atoms with van der Waals surface area (Å²) in [6, 6.07) is 11.1. The third kappa shape index (κ3) is 4.38. The topological polar surface area (TPSA) is 101 Å². The van der Waals surface area contributed by atoms with E-state index in [1.165, 1.54) is 16.7 Å². The van der Waals surface area contributed by atoms with Gasteiger partial charge in [0.25, 0.3) is 5.56 Å². The van der Waals surface area contributed by atoms with Gasteiger partial charge in [0, 0.05) is 36.9 Å². The Morgan fingerprint density at radius 2 is 1.85 bits per heavy atom. The number of carbonyl (C=O) groups excluding carboxylic acids is 1. The number of urea groups is 1. The highest BCUT2D eigenvalue weighted by Crippen LogP contribution is 2.29. The summed E-state index contributed by atoms with van der Waals surface area (Å²) in [6.07, 6.45) is 1.62. The maximum absolute atomic E-state index is 14.7. The van der Waals surface area contributed by atoms with Crippen molar-refractivity contribution >= 4 is 34.4 Å². The first-order chi connectivity index (χ1) is 15.8. The number of aromatic nitrogens is 3. The maximum atomic E-state index is 14.7. The Balaban J connectivity index is 1.73. The van der Waals surface area contributed by atoms with E-state index in [0.29, 0.717) is 39.4 Å². The number of hydrogen-bond acceptors (Lipinski definition) is 5. The number of fused-ring (bicyclic) bond motifs is 1. The van der Waals surface area contributed by atoms with E-state index in [1.54, 1.807) is 45.4 Å². The third-order valence-corrected chi connectivity index (χ3v) is 5.30. The smallest absolute Gasteiger partial charge is 0.323 e. The lowest BCUT2D eigenvalue weighted by atomic mass is 9.99. The Bertz CT molecular complexity index is 1450. The Labute approximate surface area is 189 Å². The third-order valence-electron chi connectivity index (χ3n) is 5.30. The lowest BCUT2D eigenvalue weighted by Gasteiger charge is -2.14. The van der Waals surface area contributed by atoms with Gasteiger partial charge in [0.15, 0.2) is 0 Å². The summed E-state index contributed by atoms with van der Waals surface area (Å²) >= 11 is 0. The molecule has 0 atom stereocenters. The molecule has 3 N–H and O–H groups in total. The van der Waals surface area contributed by atoms with Crippen LogP contribution in [0.25, 0.3) is 22.2 Å². The molecule has 2 aromatic heterocycles. The lowest BCUT2D eigenvalue weighted by Crippen LogP contribution is -2.22. The van der Waals surface area contributed by atoms with E-state index in [4.69, 9.17) is 0 Å². The van der Waals surface area contributed by atoms with Gasteiger partial charge in [-0.05, 0) is 60.9 Å². The molecule has 2 heterocycles. The van der Waals surface area contributed by atoms with Gasteiger partial charge in [-0.2, -0.15) is 4.98 Å². The van der Waals surface area contributed by atoms with Crippen LogP contribution in [0.15, 0.2) is 53.5 Å². The van der Waals surface area contributed by atoms with E-state index in [1.807, 2.05) is 19.1 Å². The second-order valence-corrected chi connectivity index (χ2v) is 7.74. The number of benzene rings is 2. The van der Waals surface area contributed by atoms with Crippen LogP contribution in [0.2, 0.25) is 0 Å². The number of nitrogens with one attached hydrogen (secondary N) is 3. The van der Waals surface area contributed by atoms with E-state index >= 15 is 0 Å². The minimum Gasteiger partial charge on any atom is -0.357 e. The van der Waals surface area contributed by atoms with Gasteiger partial charge in [0.2, 0.25) is 5.95 Å². The molecule has 8 nitrogen and oxygen atoms in total. The zero-order valence-electron chi connectivity index (χ0n) is 18.7. The highest BCUT2D eigenvalue weighted by molar-refractivity contribution is 6.00. The fourth-order valence-electron chi connectivity index (χ4n) is 3.63. The SMILES string of the molecule is CNc1ncc2cc(-c3cc(NC(=O)Nc4cccc(C)c4)c(F)cc3C)c(=O)n(C)c2n1. The summed E-state index contributed by atoms with van der Waals surface area (Å²) < 4.78 is 16.1. The molecule has 168 valence electrons. The monoisotopic (exact) mass is 446 g/mol. The maximum Gasteiger partial charge on any atom is 0.323 e. The van der Waals surface area contributed by atoms with Crippen LogP contribution in [0, 0.1) is 19.7 Å². The molecule has 4 aromatic rings. The van der Waals surface area contributed by atoms with Gasteiger partial charge in [-0.3, -0.25) is 9.36 Å². The second-order valence-electron chi connectivity index (χ2n) is 7.74. The van der Waals surface area contributed by atoms with Gasteiger partial charge in [-0.1, -0.05) is 12.1 Å². The largest absolute Gasteiger partial charge is 0.357 e. The van der Waals surface area contributed by atoms with Crippen LogP contribution in [0.3, 0.4) is 0 Å². The summed E-state index contributed by atoms with van der Waals surface area (Å²) in [7, 11) is 3.31. The van der Waals surface area contributed by atoms with E-state index in [2.05, 4.69) is 25.9 Å². The highest BCUT2D eigenvalue weighted by atomic mass is 19.1. The minimum absolute atomic E-state index is 0.0373. The number of rotatable bonds is 4. The van der Waals surface area contributed by atoms with E-state index < -0.39 is 11.8 Å². The van der Waals surface area contributed by atoms with Crippen molar-refractivity contribution in [2.24, 2.45) is 7.05 Å². The average molecular weight is 446 g/mol. The van der Waals surface area contributed by atoms with Crippen molar-refractivity contribution in [3.63, 3.8) is 0 Å². The summed E-state index contributed by atoms with van der Waals surface area (Å²) in [5.74, 6) is -0.204. The van der Waals surface area contributed by atoms with Crippen molar-refractivity contribution < 1.29 is 9.18 Å². The number of carbonyl (C=O) groups is 1. The number of pyridine rings is 1. The molecule has 0 aliphatic rings. The number of nitrogens with zero attached hydrogens (tertiary/aromatic N) is 3. The van der Waals surface area contributed by atoms with Gasteiger partial charge in [0.05, 0.1) is 5.69 Å². The number of amides is 2. The van der Waals surface area contributed by atoms with Crippen molar-refractivity contribution in [3.8, 4) is 11.1 Å². The van der Waals surface area contributed by atoms with Gasteiger partial charge < -0.3 is 16.0 Å². The Kier molecular flexibility index (Phi) is 5.78. The molecule has 2 aromatic carbocycles. The summed E-state index contributed by atoms with van der Waals surface area (Å²) in [4.78, 5) is 34.1. The second kappa shape index (κ2) is 8.70. The van der Waals surface area contributed by atoms with Crippen LogP contribution in [0.1, 0.15) is 11.1 Å². The van der Waals surface area contributed by atoms with E-state index in [0.717, 1.165) is 5.56 Å². The number of anilines is 3. The lowest BCUT2D eigenvalue weighted by molar-refractivity contribution is 0.262. The van der Waals surface area contributed by atoms with Crippen molar-refractivity contribution in [3.05, 3.63) is 76.0 Å².